The van der Waals surface area contributed by atoms with Crippen LogP contribution in [0.1, 0.15) is 88.1 Å². The van der Waals surface area contributed by atoms with Crippen molar-refractivity contribution in [1.82, 2.24) is 0 Å². The lowest BCUT2D eigenvalue weighted by molar-refractivity contribution is 0.0734. The van der Waals surface area contributed by atoms with Crippen LogP contribution in [0.15, 0.2) is 48.5 Å². The summed E-state index contributed by atoms with van der Waals surface area (Å²) >= 11 is 0. The Morgan fingerprint density at radius 1 is 0.875 bits per heavy atom. The smallest absolute Gasteiger partial charge is 0.343 e. The molecule has 0 N–H and O–H groups in total. The van der Waals surface area contributed by atoms with Crippen molar-refractivity contribution < 1.29 is 14.3 Å². The van der Waals surface area contributed by atoms with E-state index >= 15 is 0 Å². The van der Waals surface area contributed by atoms with Gasteiger partial charge in [-0.05, 0) is 72.6 Å². The highest BCUT2D eigenvalue weighted by Crippen LogP contribution is 2.34. The highest BCUT2D eigenvalue weighted by Gasteiger charge is 2.20. The van der Waals surface area contributed by atoms with Crippen LogP contribution in [0, 0.1) is 17.8 Å². The van der Waals surface area contributed by atoms with Crippen molar-refractivity contribution in [2.24, 2.45) is 17.8 Å². The van der Waals surface area contributed by atoms with Crippen LogP contribution in [0.3, 0.4) is 0 Å². The second-order valence-electron chi connectivity index (χ2n) is 9.60. The number of esters is 1. The minimum Gasteiger partial charge on any atom is -0.493 e. The topological polar surface area (TPSA) is 35.5 Å². The molecule has 0 heterocycles. The van der Waals surface area contributed by atoms with E-state index in [0.29, 0.717) is 23.8 Å². The van der Waals surface area contributed by atoms with E-state index in [4.69, 9.17) is 9.47 Å². The maximum Gasteiger partial charge on any atom is 0.343 e. The van der Waals surface area contributed by atoms with Crippen molar-refractivity contribution in [1.29, 1.82) is 0 Å². The Morgan fingerprint density at radius 3 is 2.06 bits per heavy atom. The quantitative estimate of drug-likeness (QED) is 0.265. The van der Waals surface area contributed by atoms with E-state index in [1.54, 1.807) is 12.1 Å². The van der Waals surface area contributed by atoms with Crippen molar-refractivity contribution in [3.8, 4) is 11.5 Å². The molecule has 2 aromatic carbocycles. The molecule has 1 aliphatic carbocycles. The molecule has 1 unspecified atom stereocenters. The van der Waals surface area contributed by atoms with E-state index in [1.165, 1.54) is 50.5 Å². The maximum atomic E-state index is 12.5. The number of carbonyl (C=O) groups excluding carboxylic acids is 1. The third-order valence-corrected chi connectivity index (χ3v) is 6.96. The number of rotatable bonds is 11. The summed E-state index contributed by atoms with van der Waals surface area (Å²) in [5.41, 5.74) is 1.85. The van der Waals surface area contributed by atoms with Gasteiger partial charge in [0.25, 0.3) is 0 Å². The molecular formula is C29H40O3. The molecule has 0 aliphatic heterocycles. The summed E-state index contributed by atoms with van der Waals surface area (Å²) in [6.45, 7) is 7.30. The van der Waals surface area contributed by atoms with Crippen LogP contribution in [0.5, 0.6) is 11.5 Å². The van der Waals surface area contributed by atoms with Gasteiger partial charge in [0.05, 0.1) is 12.2 Å². The van der Waals surface area contributed by atoms with Gasteiger partial charge in [0.15, 0.2) is 0 Å². The van der Waals surface area contributed by atoms with Crippen LogP contribution in [0.25, 0.3) is 0 Å². The van der Waals surface area contributed by atoms with E-state index in [0.717, 1.165) is 30.4 Å². The monoisotopic (exact) mass is 436 g/mol. The van der Waals surface area contributed by atoms with E-state index in [-0.39, 0.29) is 5.97 Å². The average molecular weight is 437 g/mol. The van der Waals surface area contributed by atoms with Gasteiger partial charge in [0.1, 0.15) is 11.5 Å². The molecule has 174 valence electrons. The zero-order valence-electron chi connectivity index (χ0n) is 20.1. The van der Waals surface area contributed by atoms with Gasteiger partial charge in [-0.2, -0.15) is 0 Å². The fourth-order valence-electron chi connectivity index (χ4n) is 4.52. The number of carbonyl (C=O) groups is 1. The van der Waals surface area contributed by atoms with Gasteiger partial charge < -0.3 is 9.47 Å². The zero-order valence-corrected chi connectivity index (χ0v) is 20.1. The average Bonchev–Trinajstić information content (AvgIpc) is 2.83. The Kier molecular flexibility index (Phi) is 9.64. The summed E-state index contributed by atoms with van der Waals surface area (Å²) in [6, 6.07) is 15.2. The van der Waals surface area contributed by atoms with Crippen LogP contribution in [0.2, 0.25) is 0 Å². The first-order chi connectivity index (χ1) is 15.6. The third-order valence-electron chi connectivity index (χ3n) is 6.96. The van der Waals surface area contributed by atoms with Gasteiger partial charge in [0.2, 0.25) is 0 Å². The number of ether oxygens (including phenoxy) is 2. The molecule has 0 spiro atoms. The van der Waals surface area contributed by atoms with Crippen LogP contribution < -0.4 is 9.47 Å². The molecule has 1 saturated carbocycles. The lowest BCUT2D eigenvalue weighted by atomic mass is 9.78. The molecule has 0 amide bonds. The Morgan fingerprint density at radius 2 is 1.47 bits per heavy atom. The second kappa shape index (κ2) is 12.7. The Labute approximate surface area is 194 Å². The van der Waals surface area contributed by atoms with Crippen molar-refractivity contribution >= 4 is 5.97 Å². The molecule has 32 heavy (non-hydrogen) atoms. The molecule has 0 aromatic heterocycles. The molecule has 3 heteroatoms. The van der Waals surface area contributed by atoms with Crippen molar-refractivity contribution in [3.63, 3.8) is 0 Å². The van der Waals surface area contributed by atoms with Gasteiger partial charge in [-0.1, -0.05) is 77.8 Å². The molecule has 1 atom stereocenters. The summed E-state index contributed by atoms with van der Waals surface area (Å²) < 4.78 is 11.3. The highest BCUT2D eigenvalue weighted by atomic mass is 16.5. The van der Waals surface area contributed by atoms with Gasteiger partial charge in [-0.25, -0.2) is 4.79 Å². The minimum atomic E-state index is -0.338. The summed E-state index contributed by atoms with van der Waals surface area (Å²) in [5, 5.41) is 0. The van der Waals surface area contributed by atoms with Crippen LogP contribution in [0.4, 0.5) is 0 Å². The van der Waals surface area contributed by atoms with Crippen molar-refractivity contribution in [2.75, 3.05) is 6.61 Å². The first kappa shape index (κ1) is 24.4. The number of aryl methyl sites for hydroxylation is 1. The summed E-state index contributed by atoms with van der Waals surface area (Å²) in [7, 11) is 0. The molecule has 0 saturated heterocycles. The molecular weight excluding hydrogens is 396 g/mol. The lowest BCUT2D eigenvalue weighted by Gasteiger charge is -2.28. The van der Waals surface area contributed by atoms with Crippen LogP contribution in [-0.2, 0) is 6.42 Å². The molecule has 3 nitrogen and oxygen atoms in total. The highest BCUT2D eigenvalue weighted by molar-refractivity contribution is 5.91. The normalized spacial score (nSPS) is 19.3. The Balaban J connectivity index is 1.42. The fourth-order valence-corrected chi connectivity index (χ4v) is 4.52. The summed E-state index contributed by atoms with van der Waals surface area (Å²) in [4.78, 5) is 12.5. The summed E-state index contributed by atoms with van der Waals surface area (Å²) in [5.74, 6) is 3.40. The van der Waals surface area contributed by atoms with E-state index in [1.807, 2.05) is 24.3 Å². The predicted molar refractivity (Wildman–Crippen MR) is 131 cm³/mol. The van der Waals surface area contributed by atoms with Gasteiger partial charge in [0, 0.05) is 0 Å². The standard InChI is InChI=1S/C29H40O3/c1-4-6-23-7-9-24(10-8-23)11-12-25-13-17-28(18-14-25)32-29(30)26-15-19-27(20-16-26)31-21-22(3)5-2/h13-20,22-24H,4-12,21H2,1-3H3. The molecule has 2 aromatic rings. The number of benzene rings is 2. The van der Waals surface area contributed by atoms with Gasteiger partial charge >= 0.3 is 5.97 Å². The predicted octanol–water partition coefficient (Wildman–Crippen LogP) is 7.87. The summed E-state index contributed by atoms with van der Waals surface area (Å²) in [6.07, 6.45) is 11.8. The largest absolute Gasteiger partial charge is 0.493 e. The molecule has 3 rings (SSSR count). The first-order valence-corrected chi connectivity index (χ1v) is 12.6. The molecule has 1 aliphatic rings. The van der Waals surface area contributed by atoms with Crippen molar-refractivity contribution in [3.05, 3.63) is 59.7 Å². The molecule has 0 radical (unpaired) electrons. The number of hydrogen-bond donors (Lipinski definition) is 0. The maximum absolute atomic E-state index is 12.5. The fraction of sp³-hybridized carbons (Fsp3) is 0.552. The zero-order chi connectivity index (χ0) is 22.8. The SMILES string of the molecule is CCCC1CCC(CCc2ccc(OC(=O)c3ccc(OCC(C)CC)cc3)cc2)CC1. The van der Waals surface area contributed by atoms with Crippen LogP contribution >= 0.6 is 0 Å². The molecule has 0 bridgehead atoms. The first-order valence-electron chi connectivity index (χ1n) is 12.6. The Hall–Kier alpha value is -2.29. The van der Waals surface area contributed by atoms with Gasteiger partial charge in [-0.3, -0.25) is 0 Å². The number of hydrogen-bond acceptors (Lipinski definition) is 3. The van der Waals surface area contributed by atoms with Gasteiger partial charge in [-0.15, -0.1) is 0 Å². The van der Waals surface area contributed by atoms with E-state index < -0.39 is 0 Å². The minimum absolute atomic E-state index is 0.338. The van der Waals surface area contributed by atoms with E-state index in [2.05, 4.69) is 32.9 Å². The Bertz CT molecular complexity index is 801. The third kappa shape index (κ3) is 7.69. The van der Waals surface area contributed by atoms with Crippen LogP contribution in [-0.4, -0.2) is 12.6 Å². The van der Waals surface area contributed by atoms with E-state index in [9.17, 15) is 4.79 Å². The lowest BCUT2D eigenvalue weighted by Crippen LogP contribution is -2.15. The molecule has 1 fully saturated rings. The second-order valence-corrected chi connectivity index (χ2v) is 9.60. The van der Waals surface area contributed by atoms with Crippen molar-refractivity contribution in [2.45, 2.75) is 78.6 Å².